The first-order chi connectivity index (χ1) is 4.06. The van der Waals surface area contributed by atoms with Gasteiger partial charge in [-0.15, -0.1) is 6.42 Å². The van der Waals surface area contributed by atoms with E-state index in [2.05, 4.69) is 5.92 Å². The van der Waals surface area contributed by atoms with Crippen LogP contribution in [0.5, 0.6) is 0 Å². The van der Waals surface area contributed by atoms with Crippen LogP contribution in [0.4, 0.5) is 0 Å². The van der Waals surface area contributed by atoms with Gasteiger partial charge in [0.15, 0.2) is 0 Å². The second kappa shape index (κ2) is 2.89. The molecule has 1 heteroatoms. The van der Waals surface area contributed by atoms with Crippen molar-refractivity contribution in [2.45, 2.75) is 20.8 Å². The molecule has 9 heavy (non-hydrogen) atoms. The highest BCUT2D eigenvalue weighted by Crippen LogP contribution is 2.24. The summed E-state index contributed by atoms with van der Waals surface area (Å²) in [5.41, 5.74) is -0.333. The second-order valence-corrected chi connectivity index (χ2v) is 2.87. The predicted octanol–water partition coefficient (Wildman–Crippen LogP) is 1.27. The summed E-state index contributed by atoms with van der Waals surface area (Å²) < 4.78 is 0. The molecule has 0 radical (unpaired) electrons. The van der Waals surface area contributed by atoms with Crippen LogP contribution in [0.1, 0.15) is 20.8 Å². The summed E-state index contributed by atoms with van der Waals surface area (Å²) in [7, 11) is 0. The third-order valence-corrected chi connectivity index (χ3v) is 1.93. The third kappa shape index (κ3) is 1.73. The number of hydrogen-bond donors (Lipinski definition) is 1. The van der Waals surface area contributed by atoms with Crippen molar-refractivity contribution in [3.8, 4) is 12.3 Å². The minimum atomic E-state index is -0.333. The molecular weight excluding hydrogens is 112 g/mol. The van der Waals surface area contributed by atoms with Gasteiger partial charge >= 0.3 is 0 Å². The van der Waals surface area contributed by atoms with Gasteiger partial charge in [-0.25, -0.2) is 0 Å². The first-order valence-corrected chi connectivity index (χ1v) is 3.15. The molecule has 0 heterocycles. The molecule has 0 rings (SSSR count). The Labute approximate surface area is 57.1 Å². The Morgan fingerprint density at radius 2 is 2.11 bits per heavy atom. The van der Waals surface area contributed by atoms with Gasteiger partial charge in [0.05, 0.1) is 12.0 Å². The largest absolute Gasteiger partial charge is 0.395 e. The van der Waals surface area contributed by atoms with Crippen LogP contribution in [0.25, 0.3) is 0 Å². The van der Waals surface area contributed by atoms with Crippen LogP contribution in [0, 0.1) is 23.7 Å². The van der Waals surface area contributed by atoms with Crippen molar-refractivity contribution >= 4 is 0 Å². The number of aliphatic hydroxyl groups excluding tert-OH is 1. The lowest BCUT2D eigenvalue weighted by molar-refractivity contribution is 0.149. The van der Waals surface area contributed by atoms with E-state index >= 15 is 0 Å². The molecule has 0 aromatic rings. The Hall–Kier alpha value is -0.480. The quantitative estimate of drug-likeness (QED) is 0.552. The van der Waals surface area contributed by atoms with E-state index in [4.69, 9.17) is 11.5 Å². The zero-order valence-corrected chi connectivity index (χ0v) is 6.31. The molecular formula is C8H14O. The molecule has 0 aliphatic heterocycles. The molecule has 1 N–H and O–H groups in total. The van der Waals surface area contributed by atoms with Crippen LogP contribution >= 0.6 is 0 Å². The Kier molecular flexibility index (Phi) is 2.73. The minimum Gasteiger partial charge on any atom is -0.395 e. The fourth-order valence-corrected chi connectivity index (χ4v) is 0.395. The summed E-state index contributed by atoms with van der Waals surface area (Å²) in [6, 6.07) is 0. The number of hydrogen-bond acceptors (Lipinski definition) is 1. The first-order valence-electron chi connectivity index (χ1n) is 3.15. The zero-order valence-electron chi connectivity index (χ0n) is 6.31. The summed E-state index contributed by atoms with van der Waals surface area (Å²) in [6.45, 7) is 5.98. The molecule has 0 saturated heterocycles. The van der Waals surface area contributed by atoms with Crippen LogP contribution in [0.2, 0.25) is 0 Å². The van der Waals surface area contributed by atoms with E-state index in [0.29, 0.717) is 5.92 Å². The Morgan fingerprint density at radius 1 is 1.67 bits per heavy atom. The van der Waals surface area contributed by atoms with Crippen molar-refractivity contribution in [2.75, 3.05) is 6.61 Å². The van der Waals surface area contributed by atoms with Crippen molar-refractivity contribution in [3.63, 3.8) is 0 Å². The van der Waals surface area contributed by atoms with Crippen molar-refractivity contribution in [2.24, 2.45) is 11.3 Å². The lowest BCUT2D eigenvalue weighted by atomic mass is 9.81. The molecule has 0 aliphatic rings. The third-order valence-electron chi connectivity index (χ3n) is 1.93. The molecule has 0 aromatic carbocycles. The van der Waals surface area contributed by atoms with Crippen LogP contribution in [-0.4, -0.2) is 11.7 Å². The average molecular weight is 126 g/mol. The highest BCUT2D eigenvalue weighted by Gasteiger charge is 2.23. The van der Waals surface area contributed by atoms with Gasteiger partial charge in [0, 0.05) is 0 Å². The average Bonchev–Trinajstić information content (AvgIpc) is 1.86. The van der Waals surface area contributed by atoms with Gasteiger partial charge in [-0.05, 0) is 12.8 Å². The fourth-order valence-electron chi connectivity index (χ4n) is 0.395. The van der Waals surface area contributed by atoms with Crippen molar-refractivity contribution < 1.29 is 5.11 Å². The van der Waals surface area contributed by atoms with Gasteiger partial charge in [0.1, 0.15) is 0 Å². The van der Waals surface area contributed by atoms with E-state index in [1.54, 1.807) is 0 Å². The topological polar surface area (TPSA) is 20.2 Å². The Balaban J connectivity index is 4.14. The Bertz CT molecular complexity index is 121. The molecule has 0 fully saturated rings. The normalized spacial score (nSPS) is 16.9. The maximum Gasteiger partial charge on any atom is 0.0596 e. The maximum atomic E-state index is 8.81. The van der Waals surface area contributed by atoms with E-state index in [0.717, 1.165) is 0 Å². The van der Waals surface area contributed by atoms with Crippen LogP contribution in [0.15, 0.2) is 0 Å². The van der Waals surface area contributed by atoms with Crippen LogP contribution < -0.4 is 0 Å². The van der Waals surface area contributed by atoms with E-state index < -0.39 is 0 Å². The molecule has 1 unspecified atom stereocenters. The SMILES string of the molecule is C#CC(C)(CO)C(C)C. The number of aliphatic hydroxyl groups is 1. The molecule has 0 bridgehead atoms. The fraction of sp³-hybridized carbons (Fsp3) is 0.750. The van der Waals surface area contributed by atoms with E-state index in [9.17, 15) is 0 Å². The van der Waals surface area contributed by atoms with Gasteiger partial charge in [0.25, 0.3) is 0 Å². The summed E-state index contributed by atoms with van der Waals surface area (Å²) in [4.78, 5) is 0. The summed E-state index contributed by atoms with van der Waals surface area (Å²) in [5.74, 6) is 2.92. The van der Waals surface area contributed by atoms with Crippen molar-refractivity contribution in [1.82, 2.24) is 0 Å². The highest BCUT2D eigenvalue weighted by molar-refractivity contribution is 5.04. The molecule has 1 nitrogen and oxygen atoms in total. The molecule has 0 aliphatic carbocycles. The highest BCUT2D eigenvalue weighted by atomic mass is 16.3. The standard InChI is InChI=1S/C8H14O/c1-5-8(4,6-9)7(2)3/h1,7,9H,6H2,2-4H3. The van der Waals surface area contributed by atoms with Crippen molar-refractivity contribution in [1.29, 1.82) is 0 Å². The van der Waals surface area contributed by atoms with Crippen LogP contribution in [-0.2, 0) is 0 Å². The predicted molar refractivity (Wildman–Crippen MR) is 38.9 cm³/mol. The molecule has 0 aromatic heterocycles. The monoisotopic (exact) mass is 126 g/mol. The lowest BCUT2D eigenvalue weighted by Crippen LogP contribution is -2.25. The second-order valence-electron chi connectivity index (χ2n) is 2.87. The molecule has 52 valence electrons. The van der Waals surface area contributed by atoms with E-state index in [-0.39, 0.29) is 12.0 Å². The van der Waals surface area contributed by atoms with Crippen LogP contribution in [0.3, 0.4) is 0 Å². The summed E-state index contributed by atoms with van der Waals surface area (Å²) in [6.07, 6.45) is 5.21. The van der Waals surface area contributed by atoms with Gasteiger partial charge in [0.2, 0.25) is 0 Å². The minimum absolute atomic E-state index is 0.0706. The molecule has 0 amide bonds. The zero-order chi connectivity index (χ0) is 7.49. The van der Waals surface area contributed by atoms with E-state index in [1.807, 2.05) is 20.8 Å². The van der Waals surface area contributed by atoms with Crippen molar-refractivity contribution in [3.05, 3.63) is 0 Å². The molecule has 0 saturated carbocycles. The number of rotatable bonds is 2. The van der Waals surface area contributed by atoms with Gasteiger partial charge in [-0.3, -0.25) is 0 Å². The number of terminal acetylenes is 1. The lowest BCUT2D eigenvalue weighted by Gasteiger charge is -2.24. The van der Waals surface area contributed by atoms with Gasteiger partial charge < -0.3 is 5.11 Å². The Morgan fingerprint density at radius 3 is 2.11 bits per heavy atom. The van der Waals surface area contributed by atoms with Gasteiger partial charge in [-0.1, -0.05) is 19.8 Å². The summed E-state index contributed by atoms with van der Waals surface area (Å²) >= 11 is 0. The molecule has 0 spiro atoms. The summed E-state index contributed by atoms with van der Waals surface area (Å²) in [5, 5.41) is 8.81. The first kappa shape index (κ1) is 8.52. The van der Waals surface area contributed by atoms with E-state index in [1.165, 1.54) is 0 Å². The maximum absolute atomic E-state index is 8.81. The molecule has 1 atom stereocenters. The van der Waals surface area contributed by atoms with Gasteiger partial charge in [-0.2, -0.15) is 0 Å². The smallest absolute Gasteiger partial charge is 0.0596 e.